The van der Waals surface area contributed by atoms with Crippen LogP contribution in [0.25, 0.3) is 0 Å². The second-order valence-corrected chi connectivity index (χ2v) is 7.27. The summed E-state index contributed by atoms with van der Waals surface area (Å²) in [5, 5.41) is 9.13. The molecule has 1 rings (SSSR count). The summed E-state index contributed by atoms with van der Waals surface area (Å²) in [6, 6.07) is 0. The van der Waals surface area contributed by atoms with Gasteiger partial charge in [0.25, 0.3) is 0 Å². The van der Waals surface area contributed by atoms with E-state index in [0.717, 1.165) is 18.4 Å². The third-order valence-electron chi connectivity index (χ3n) is 4.48. The van der Waals surface area contributed by atoms with E-state index < -0.39 is 5.79 Å². The Bertz CT molecular complexity index is 348. The van der Waals surface area contributed by atoms with Crippen LogP contribution < -0.4 is 0 Å². The van der Waals surface area contributed by atoms with Gasteiger partial charge in [0.2, 0.25) is 0 Å². The molecular formula is C18H34O3. The summed E-state index contributed by atoms with van der Waals surface area (Å²) in [5.74, 6) is 0.837. The van der Waals surface area contributed by atoms with Crippen molar-refractivity contribution in [3.63, 3.8) is 0 Å². The summed E-state index contributed by atoms with van der Waals surface area (Å²) in [5.41, 5.74) is 1.04. The van der Waals surface area contributed by atoms with Gasteiger partial charge in [-0.25, -0.2) is 0 Å². The highest BCUT2D eigenvalue weighted by Crippen LogP contribution is 2.37. The van der Waals surface area contributed by atoms with Gasteiger partial charge in [0.15, 0.2) is 5.79 Å². The van der Waals surface area contributed by atoms with E-state index in [0.29, 0.717) is 17.8 Å². The Morgan fingerprint density at radius 1 is 1.29 bits per heavy atom. The van der Waals surface area contributed by atoms with Gasteiger partial charge in [0.1, 0.15) is 0 Å². The largest absolute Gasteiger partial charge is 0.392 e. The van der Waals surface area contributed by atoms with Gasteiger partial charge in [-0.05, 0) is 45.4 Å². The first-order valence-electron chi connectivity index (χ1n) is 8.34. The molecule has 1 fully saturated rings. The predicted molar refractivity (Wildman–Crippen MR) is 87.1 cm³/mol. The van der Waals surface area contributed by atoms with E-state index in [2.05, 4.69) is 33.8 Å². The topological polar surface area (TPSA) is 38.7 Å². The standard InChI is InChI=1S/C18H34O3/c1-8-16-15(5)17(21-18(6,7)20-16)14(4)10-12(2)9-13(3)11-19/h9,12,14-17,19H,8,10-11H2,1-7H3/b13-9+/t12-,14+,15+,16-,17-/m0/s1. The Hall–Kier alpha value is -0.380. The molecule has 0 aromatic heterocycles. The number of allylic oxidation sites excluding steroid dienone is 1. The zero-order chi connectivity index (χ0) is 16.2. The SMILES string of the molecule is CC[C@@H]1OC(C)(C)O[C@@H]([C@H](C)C[C@@H](C)/C=C(\C)CO)[C@@H]1C. The second kappa shape index (κ2) is 7.75. The second-order valence-electron chi connectivity index (χ2n) is 7.27. The predicted octanol–water partition coefficient (Wildman–Crippen LogP) is 4.15. The Labute approximate surface area is 130 Å². The molecule has 0 aromatic carbocycles. The molecule has 1 heterocycles. The summed E-state index contributed by atoms with van der Waals surface area (Å²) >= 11 is 0. The molecule has 0 radical (unpaired) electrons. The van der Waals surface area contributed by atoms with E-state index in [9.17, 15) is 0 Å². The molecule has 0 aliphatic carbocycles. The molecule has 5 atom stereocenters. The fourth-order valence-electron chi connectivity index (χ4n) is 3.56. The fourth-order valence-corrected chi connectivity index (χ4v) is 3.56. The zero-order valence-corrected chi connectivity index (χ0v) is 14.8. The van der Waals surface area contributed by atoms with E-state index in [1.165, 1.54) is 0 Å². The van der Waals surface area contributed by atoms with Gasteiger partial charge in [-0.3, -0.25) is 0 Å². The van der Waals surface area contributed by atoms with Crippen LogP contribution in [0.3, 0.4) is 0 Å². The minimum atomic E-state index is -0.494. The van der Waals surface area contributed by atoms with Crippen LogP contribution in [0.2, 0.25) is 0 Å². The fraction of sp³-hybridized carbons (Fsp3) is 0.889. The Kier molecular flexibility index (Phi) is 6.89. The molecule has 21 heavy (non-hydrogen) atoms. The molecule has 124 valence electrons. The van der Waals surface area contributed by atoms with Gasteiger partial charge in [-0.15, -0.1) is 0 Å². The maximum absolute atomic E-state index is 9.13. The van der Waals surface area contributed by atoms with Crippen molar-refractivity contribution in [2.24, 2.45) is 17.8 Å². The van der Waals surface area contributed by atoms with Crippen molar-refractivity contribution in [1.82, 2.24) is 0 Å². The Morgan fingerprint density at radius 3 is 2.43 bits per heavy atom. The van der Waals surface area contributed by atoms with E-state index in [-0.39, 0.29) is 18.8 Å². The molecule has 3 heteroatoms. The van der Waals surface area contributed by atoms with Crippen molar-refractivity contribution in [3.8, 4) is 0 Å². The third-order valence-corrected chi connectivity index (χ3v) is 4.48. The van der Waals surface area contributed by atoms with Crippen molar-refractivity contribution in [1.29, 1.82) is 0 Å². The lowest BCUT2D eigenvalue weighted by Gasteiger charge is -2.47. The molecular weight excluding hydrogens is 264 g/mol. The third kappa shape index (κ3) is 5.39. The van der Waals surface area contributed by atoms with Crippen LogP contribution in [0.5, 0.6) is 0 Å². The normalized spacial score (nSPS) is 32.8. The monoisotopic (exact) mass is 298 g/mol. The first-order valence-corrected chi connectivity index (χ1v) is 8.34. The minimum absolute atomic E-state index is 0.147. The van der Waals surface area contributed by atoms with E-state index in [1.54, 1.807) is 0 Å². The minimum Gasteiger partial charge on any atom is -0.392 e. The number of aliphatic hydroxyl groups is 1. The maximum atomic E-state index is 9.13. The van der Waals surface area contributed by atoms with Crippen LogP contribution in [0.15, 0.2) is 11.6 Å². The van der Waals surface area contributed by atoms with Crippen LogP contribution >= 0.6 is 0 Å². The first-order chi connectivity index (χ1) is 9.70. The lowest BCUT2D eigenvalue weighted by atomic mass is 9.82. The molecule has 1 N–H and O–H groups in total. The van der Waals surface area contributed by atoms with Gasteiger partial charge >= 0.3 is 0 Å². The lowest BCUT2D eigenvalue weighted by molar-refractivity contribution is -0.327. The molecule has 3 nitrogen and oxygen atoms in total. The van der Waals surface area contributed by atoms with E-state index in [1.807, 2.05) is 20.8 Å². The van der Waals surface area contributed by atoms with Gasteiger partial charge in [-0.1, -0.05) is 39.3 Å². The number of ether oxygens (including phenoxy) is 2. The Balaban J connectivity index is 2.72. The molecule has 1 aliphatic heterocycles. The lowest BCUT2D eigenvalue weighted by Crippen LogP contribution is -2.52. The van der Waals surface area contributed by atoms with Crippen LogP contribution in [0.1, 0.15) is 61.3 Å². The summed E-state index contributed by atoms with van der Waals surface area (Å²) < 4.78 is 12.3. The van der Waals surface area contributed by atoms with Crippen molar-refractivity contribution < 1.29 is 14.6 Å². The summed E-state index contributed by atoms with van der Waals surface area (Å²) in [7, 11) is 0. The molecule has 0 unspecified atom stereocenters. The molecule has 1 aliphatic rings. The summed E-state index contributed by atoms with van der Waals surface area (Å²) in [4.78, 5) is 0. The molecule has 0 bridgehead atoms. The average molecular weight is 298 g/mol. The van der Waals surface area contributed by atoms with Crippen LogP contribution in [0, 0.1) is 17.8 Å². The number of aliphatic hydroxyl groups excluding tert-OH is 1. The smallest absolute Gasteiger partial charge is 0.163 e. The quantitative estimate of drug-likeness (QED) is 0.749. The average Bonchev–Trinajstić information content (AvgIpc) is 2.40. The highest BCUT2D eigenvalue weighted by molar-refractivity contribution is 5.00. The van der Waals surface area contributed by atoms with Crippen molar-refractivity contribution in [2.75, 3.05) is 6.61 Å². The van der Waals surface area contributed by atoms with Crippen LogP contribution in [-0.4, -0.2) is 29.7 Å². The van der Waals surface area contributed by atoms with Crippen molar-refractivity contribution >= 4 is 0 Å². The summed E-state index contributed by atoms with van der Waals surface area (Å²) in [6.45, 7) is 15.1. The molecule has 0 spiro atoms. The zero-order valence-electron chi connectivity index (χ0n) is 14.8. The summed E-state index contributed by atoms with van der Waals surface area (Å²) in [6.07, 6.45) is 4.76. The van der Waals surface area contributed by atoms with E-state index in [4.69, 9.17) is 14.6 Å². The van der Waals surface area contributed by atoms with Crippen molar-refractivity contribution in [2.45, 2.75) is 79.3 Å². The molecule has 1 saturated heterocycles. The number of hydrogen-bond donors (Lipinski definition) is 1. The van der Waals surface area contributed by atoms with E-state index >= 15 is 0 Å². The van der Waals surface area contributed by atoms with Crippen LogP contribution in [0.4, 0.5) is 0 Å². The molecule has 0 aromatic rings. The highest BCUT2D eigenvalue weighted by Gasteiger charge is 2.42. The van der Waals surface area contributed by atoms with Crippen LogP contribution in [-0.2, 0) is 9.47 Å². The van der Waals surface area contributed by atoms with Gasteiger partial charge in [0, 0.05) is 5.92 Å². The van der Waals surface area contributed by atoms with Crippen molar-refractivity contribution in [3.05, 3.63) is 11.6 Å². The molecule has 0 saturated carbocycles. The highest BCUT2D eigenvalue weighted by atomic mass is 16.7. The van der Waals surface area contributed by atoms with Gasteiger partial charge < -0.3 is 14.6 Å². The maximum Gasteiger partial charge on any atom is 0.163 e. The van der Waals surface area contributed by atoms with Gasteiger partial charge in [0.05, 0.1) is 18.8 Å². The first kappa shape index (κ1) is 18.7. The molecule has 0 amide bonds. The number of rotatable bonds is 6. The Morgan fingerprint density at radius 2 is 1.90 bits per heavy atom. The number of hydrogen-bond acceptors (Lipinski definition) is 3. The van der Waals surface area contributed by atoms with Gasteiger partial charge in [-0.2, -0.15) is 0 Å².